The monoisotopic (exact) mass is 891 g/mol. The van der Waals surface area contributed by atoms with Crippen molar-refractivity contribution in [2.24, 2.45) is 0 Å². The summed E-state index contributed by atoms with van der Waals surface area (Å²) >= 11 is 1.88. The fourth-order valence-corrected chi connectivity index (χ4v) is 13.6. The molecule has 0 bridgehead atoms. The van der Waals surface area contributed by atoms with Gasteiger partial charge >= 0.3 is 0 Å². The van der Waals surface area contributed by atoms with Crippen LogP contribution in [-0.2, 0) is 5.41 Å². The molecule has 1 heterocycles. The lowest BCUT2D eigenvalue weighted by Crippen LogP contribution is -2.26. The van der Waals surface area contributed by atoms with Gasteiger partial charge in [0.05, 0.1) is 11.1 Å². The molecule has 0 saturated heterocycles. The third kappa shape index (κ3) is 5.41. The smallest absolute Gasteiger partial charge is 0.0726 e. The molecule has 69 heavy (non-hydrogen) atoms. The quantitative estimate of drug-likeness (QED) is 0.156. The fraction of sp³-hybridized carbons (Fsp3) is 0.0149. The van der Waals surface area contributed by atoms with Crippen molar-refractivity contribution in [2.45, 2.75) is 5.41 Å². The molecule has 13 aromatic rings. The van der Waals surface area contributed by atoms with Crippen molar-refractivity contribution in [3.05, 3.63) is 271 Å². The Labute approximate surface area is 404 Å². The summed E-state index contributed by atoms with van der Waals surface area (Å²) in [5, 5.41) is 10.3. The van der Waals surface area contributed by atoms with Crippen molar-refractivity contribution >= 4 is 80.9 Å². The van der Waals surface area contributed by atoms with E-state index >= 15 is 0 Å². The minimum absolute atomic E-state index is 0.447. The number of hydrogen-bond acceptors (Lipinski definition) is 2. The summed E-state index contributed by atoms with van der Waals surface area (Å²) in [6.07, 6.45) is 0. The molecular weight excluding hydrogens is 851 g/mol. The van der Waals surface area contributed by atoms with Gasteiger partial charge in [0.25, 0.3) is 0 Å². The first-order valence-electron chi connectivity index (χ1n) is 23.9. The maximum Gasteiger partial charge on any atom is 0.0726 e. The van der Waals surface area contributed by atoms with E-state index in [9.17, 15) is 0 Å². The molecule has 0 aliphatic heterocycles. The second-order valence-corrected chi connectivity index (χ2v) is 19.7. The number of hydrogen-bond donors (Lipinski definition) is 0. The second kappa shape index (κ2) is 14.7. The Morgan fingerprint density at radius 2 is 0.739 bits per heavy atom. The van der Waals surface area contributed by atoms with Crippen LogP contribution in [0.25, 0.3) is 97.0 Å². The average molecular weight is 892 g/mol. The minimum Gasteiger partial charge on any atom is -0.310 e. The van der Waals surface area contributed by atoms with Crippen LogP contribution in [0.3, 0.4) is 0 Å². The van der Waals surface area contributed by atoms with Crippen molar-refractivity contribution in [3.63, 3.8) is 0 Å². The summed E-state index contributed by atoms with van der Waals surface area (Å²) in [4.78, 5) is 2.52. The molecule has 1 spiro atoms. The molecule has 0 N–H and O–H groups in total. The predicted octanol–water partition coefficient (Wildman–Crippen LogP) is 18.7. The Kier molecular flexibility index (Phi) is 8.22. The Hall–Kier alpha value is -8.56. The van der Waals surface area contributed by atoms with E-state index < -0.39 is 5.41 Å². The molecule has 1 aromatic heterocycles. The SMILES string of the molecule is c1ccc2c(c1)-c1ccccc1C21c2ccccc2-c2c(N(c3ccc(-c4ccc(-c5cccc6c5sc5ccccc56)cc4)cc3)c3ccc4c5ccccc5c5ccccc5c4c3)cccc21. The van der Waals surface area contributed by atoms with Gasteiger partial charge in [0.2, 0.25) is 0 Å². The number of benzene rings is 12. The Morgan fingerprint density at radius 1 is 0.290 bits per heavy atom. The van der Waals surface area contributed by atoms with E-state index in [1.807, 2.05) is 11.3 Å². The zero-order valence-corrected chi connectivity index (χ0v) is 38.3. The molecule has 15 rings (SSSR count). The lowest BCUT2D eigenvalue weighted by Gasteiger charge is -2.32. The number of thiophene rings is 1. The number of anilines is 3. The van der Waals surface area contributed by atoms with Crippen molar-refractivity contribution in [1.29, 1.82) is 0 Å². The normalized spacial score (nSPS) is 13.0. The van der Waals surface area contributed by atoms with Crippen molar-refractivity contribution in [1.82, 2.24) is 0 Å². The highest BCUT2D eigenvalue weighted by atomic mass is 32.1. The molecule has 2 heteroatoms. The van der Waals surface area contributed by atoms with Crippen LogP contribution in [0.2, 0.25) is 0 Å². The van der Waals surface area contributed by atoms with Crippen molar-refractivity contribution < 1.29 is 0 Å². The van der Waals surface area contributed by atoms with Crippen LogP contribution in [0.15, 0.2) is 249 Å². The lowest BCUT2D eigenvalue weighted by molar-refractivity contribution is 0.794. The zero-order valence-electron chi connectivity index (χ0n) is 37.5. The van der Waals surface area contributed by atoms with E-state index in [2.05, 4.69) is 254 Å². The lowest BCUT2D eigenvalue weighted by atomic mass is 9.70. The molecule has 2 aliphatic rings. The first-order chi connectivity index (χ1) is 34.2. The molecule has 0 radical (unpaired) electrons. The van der Waals surface area contributed by atoms with Gasteiger partial charge in [-0.15, -0.1) is 11.3 Å². The summed E-state index contributed by atoms with van der Waals surface area (Å²) in [5.74, 6) is 0. The van der Waals surface area contributed by atoms with Crippen molar-refractivity contribution in [3.8, 4) is 44.5 Å². The van der Waals surface area contributed by atoms with Gasteiger partial charge in [-0.3, -0.25) is 0 Å². The number of fused-ring (bicyclic) bond motifs is 19. The van der Waals surface area contributed by atoms with E-state index in [0.717, 1.165) is 17.1 Å². The molecule has 0 saturated carbocycles. The first-order valence-corrected chi connectivity index (χ1v) is 24.7. The van der Waals surface area contributed by atoms with Gasteiger partial charge in [0.15, 0.2) is 0 Å². The van der Waals surface area contributed by atoms with E-state index in [1.54, 1.807) is 0 Å². The van der Waals surface area contributed by atoms with E-state index in [1.165, 1.54) is 119 Å². The van der Waals surface area contributed by atoms with Crippen LogP contribution in [-0.4, -0.2) is 0 Å². The molecule has 0 amide bonds. The highest BCUT2D eigenvalue weighted by Crippen LogP contribution is 2.64. The van der Waals surface area contributed by atoms with Crippen LogP contribution in [0, 0.1) is 0 Å². The topological polar surface area (TPSA) is 3.24 Å². The van der Waals surface area contributed by atoms with E-state index in [0.29, 0.717) is 0 Å². The maximum atomic E-state index is 2.52. The van der Waals surface area contributed by atoms with Gasteiger partial charge in [-0.2, -0.15) is 0 Å². The van der Waals surface area contributed by atoms with Crippen LogP contribution in [0.4, 0.5) is 17.1 Å². The minimum atomic E-state index is -0.447. The van der Waals surface area contributed by atoms with E-state index in [4.69, 9.17) is 0 Å². The summed E-state index contributed by atoms with van der Waals surface area (Å²) < 4.78 is 2.67. The van der Waals surface area contributed by atoms with Crippen molar-refractivity contribution in [2.75, 3.05) is 4.90 Å². The zero-order chi connectivity index (χ0) is 45.2. The van der Waals surface area contributed by atoms with Gasteiger partial charge in [0.1, 0.15) is 0 Å². The third-order valence-corrected chi connectivity index (χ3v) is 16.5. The Bertz CT molecular complexity index is 4170. The Balaban J connectivity index is 0.922. The third-order valence-electron chi connectivity index (χ3n) is 15.3. The molecule has 0 fully saturated rings. The van der Waals surface area contributed by atoms with Crippen LogP contribution in [0.1, 0.15) is 22.3 Å². The summed E-state index contributed by atoms with van der Waals surface area (Å²) in [7, 11) is 0. The molecule has 12 aromatic carbocycles. The maximum absolute atomic E-state index is 2.52. The molecular formula is C67H41NS. The second-order valence-electron chi connectivity index (χ2n) is 18.6. The van der Waals surface area contributed by atoms with Gasteiger partial charge in [-0.1, -0.05) is 212 Å². The van der Waals surface area contributed by atoms with Gasteiger partial charge < -0.3 is 4.90 Å². The highest BCUT2D eigenvalue weighted by Gasteiger charge is 2.52. The van der Waals surface area contributed by atoms with E-state index in [-0.39, 0.29) is 0 Å². The summed E-state index contributed by atoms with van der Waals surface area (Å²) in [6.45, 7) is 0. The van der Waals surface area contributed by atoms with Gasteiger partial charge in [-0.05, 0) is 130 Å². The molecule has 0 unspecified atom stereocenters. The summed E-state index contributed by atoms with van der Waals surface area (Å²) in [5.41, 5.74) is 18.4. The predicted molar refractivity (Wildman–Crippen MR) is 294 cm³/mol. The number of nitrogens with zero attached hydrogens (tertiary/aromatic N) is 1. The molecule has 320 valence electrons. The Morgan fingerprint density at radius 3 is 1.41 bits per heavy atom. The fourth-order valence-electron chi connectivity index (χ4n) is 12.4. The average Bonchev–Trinajstić information content (AvgIpc) is 4.06. The first kappa shape index (κ1) is 38.5. The highest BCUT2D eigenvalue weighted by molar-refractivity contribution is 7.26. The molecule has 0 atom stereocenters. The molecule has 2 aliphatic carbocycles. The largest absolute Gasteiger partial charge is 0.310 e. The van der Waals surface area contributed by atoms with Crippen LogP contribution in [0.5, 0.6) is 0 Å². The van der Waals surface area contributed by atoms with Crippen LogP contribution >= 0.6 is 11.3 Å². The standard InChI is InChI=1S/C67H41NS/c1-2-17-50-48(15-1)49-16-3-4-18-51(49)58-41-46(39-40-52(50)58)68(45-37-35-43(36-38-45)42-31-33-44(34-32-42)47-23-13-24-56-55-21-8-12-30-64(55)69-66(47)56)63-29-14-28-62-65(63)57-22-7-11-27-61(57)67(62)59-25-9-5-19-53(59)54-20-6-10-26-60(54)67/h1-41H. The molecule has 1 nitrogen and oxygen atoms in total. The number of rotatable bonds is 5. The summed E-state index contributed by atoms with van der Waals surface area (Å²) in [6, 6.07) is 93.1. The van der Waals surface area contributed by atoms with Gasteiger partial charge in [0, 0.05) is 37.1 Å². The van der Waals surface area contributed by atoms with Crippen LogP contribution < -0.4 is 4.90 Å². The van der Waals surface area contributed by atoms with Gasteiger partial charge in [-0.25, -0.2) is 0 Å².